The smallest absolute Gasteiger partial charge is 0.410 e. The molecule has 1 amide bonds. The second-order valence-corrected chi connectivity index (χ2v) is 5.29. The lowest BCUT2D eigenvalue weighted by Crippen LogP contribution is -1.99. The molecule has 2 aromatic rings. The fraction of sp³-hybridized carbons (Fsp3) is 0.0714. The van der Waals surface area contributed by atoms with Crippen LogP contribution >= 0.6 is 0 Å². The summed E-state index contributed by atoms with van der Waals surface area (Å²) in [6.07, 6.45) is -0.992. The van der Waals surface area contributed by atoms with Gasteiger partial charge in [0.15, 0.2) is 0 Å². The summed E-state index contributed by atoms with van der Waals surface area (Å²) in [6.45, 7) is 0.00924. The minimum absolute atomic E-state index is 0.00924. The van der Waals surface area contributed by atoms with Crippen LogP contribution in [0.25, 0.3) is 0 Å². The molecule has 0 fully saturated rings. The van der Waals surface area contributed by atoms with E-state index in [4.69, 9.17) is 4.74 Å². The van der Waals surface area contributed by atoms with E-state index in [0.717, 1.165) is 11.6 Å². The molecule has 0 aliphatic heterocycles. The topological polar surface area (TPSA) is 98.9 Å². The molecule has 0 aliphatic rings. The van der Waals surface area contributed by atoms with Crippen molar-refractivity contribution in [2.75, 3.05) is 0 Å². The Balaban J connectivity index is 2.05. The molecule has 0 atom stereocenters. The highest BCUT2D eigenvalue weighted by Gasteiger charge is 2.03. The van der Waals surface area contributed by atoms with Crippen LogP contribution < -0.4 is 0 Å². The Labute approximate surface area is 127 Å². The number of nitro benzene ring substituents is 1. The maximum Gasteiger partial charge on any atom is 0.410 e. The van der Waals surface area contributed by atoms with E-state index in [-0.39, 0.29) is 17.2 Å². The number of carbonyl (C=O) groups is 1. The molecule has 0 heterocycles. The van der Waals surface area contributed by atoms with Gasteiger partial charge in [-0.25, -0.2) is 4.79 Å². The summed E-state index contributed by atoms with van der Waals surface area (Å²) in [4.78, 5) is 21.6. The molecule has 0 saturated carbocycles. The molecule has 0 unspecified atom stereocenters. The van der Waals surface area contributed by atoms with Crippen molar-refractivity contribution < 1.29 is 18.7 Å². The predicted molar refractivity (Wildman–Crippen MR) is 78.5 cm³/mol. The van der Waals surface area contributed by atoms with E-state index in [1.807, 2.05) is 6.07 Å². The number of nitro groups is 1. The van der Waals surface area contributed by atoms with E-state index in [2.05, 4.69) is 4.36 Å². The van der Waals surface area contributed by atoms with Crippen LogP contribution in [0.5, 0.6) is 0 Å². The van der Waals surface area contributed by atoms with Gasteiger partial charge in [-0.05, 0) is 5.56 Å². The van der Waals surface area contributed by atoms with Gasteiger partial charge in [0, 0.05) is 12.1 Å². The number of benzene rings is 2. The van der Waals surface area contributed by atoms with Crippen molar-refractivity contribution in [3.63, 3.8) is 0 Å². The molecule has 0 N–H and O–H groups in total. The van der Waals surface area contributed by atoms with Gasteiger partial charge in [0.1, 0.15) is 6.61 Å². The summed E-state index contributed by atoms with van der Waals surface area (Å²) >= 11 is 0. The number of hydrogen-bond donors (Lipinski definition) is 0. The highest BCUT2D eigenvalue weighted by Crippen LogP contribution is 2.15. The van der Waals surface area contributed by atoms with Crippen LogP contribution in [-0.2, 0) is 26.1 Å². The lowest BCUT2D eigenvalue weighted by Gasteiger charge is -2.06. The van der Waals surface area contributed by atoms with Crippen molar-refractivity contribution >= 4 is 22.4 Å². The van der Waals surface area contributed by atoms with Crippen molar-refractivity contribution in [3.8, 4) is 0 Å². The summed E-state index contributed by atoms with van der Waals surface area (Å²) < 4.78 is 20.1. The first-order valence-electron chi connectivity index (χ1n) is 6.15. The number of rotatable bonds is 4. The Hall–Kier alpha value is -2.74. The first-order valence-corrected chi connectivity index (χ1v) is 7.25. The van der Waals surface area contributed by atoms with Crippen LogP contribution in [0.1, 0.15) is 5.56 Å². The van der Waals surface area contributed by atoms with Crippen LogP contribution in [-0.4, -0.2) is 11.0 Å². The van der Waals surface area contributed by atoms with Gasteiger partial charge < -0.3 is 8.95 Å². The number of ether oxygens (including phenoxy) is 1. The van der Waals surface area contributed by atoms with Crippen molar-refractivity contribution in [2.45, 2.75) is 11.5 Å². The average molecular weight is 319 g/mol. The number of nitrogens with zero attached hydrogens (tertiary/aromatic N) is 2. The quantitative estimate of drug-likeness (QED) is 0.488. The predicted octanol–water partition coefficient (Wildman–Crippen LogP) is 3.44. The molecule has 2 rings (SSSR count). The largest absolute Gasteiger partial charge is 0.445 e. The second-order valence-electron chi connectivity index (χ2n) is 4.14. The Morgan fingerprint density at radius 2 is 1.91 bits per heavy atom. The highest BCUT2D eigenvalue weighted by molar-refractivity contribution is 7.75. The zero-order valence-electron chi connectivity index (χ0n) is 11.2. The van der Waals surface area contributed by atoms with Crippen LogP contribution in [0.3, 0.4) is 0 Å². The fourth-order valence-corrected chi connectivity index (χ4v) is 2.28. The Morgan fingerprint density at radius 3 is 2.59 bits per heavy atom. The van der Waals surface area contributed by atoms with Crippen LogP contribution in [0.2, 0.25) is 0 Å². The molecule has 0 aromatic heterocycles. The first-order chi connectivity index (χ1) is 10.6. The van der Waals surface area contributed by atoms with Gasteiger partial charge >= 0.3 is 6.09 Å². The zero-order valence-corrected chi connectivity index (χ0v) is 12.1. The summed E-state index contributed by atoms with van der Waals surface area (Å²) in [6, 6.07) is 14.1. The normalized spacial score (nSPS) is 11.8. The molecule has 2 aromatic carbocycles. The second kappa shape index (κ2) is 7.32. The minimum Gasteiger partial charge on any atom is -0.445 e. The van der Waals surface area contributed by atoms with Gasteiger partial charge in [-0.2, -0.15) is 0 Å². The minimum atomic E-state index is -2.05. The van der Waals surface area contributed by atoms with Gasteiger partial charge in [-0.3, -0.25) is 14.5 Å². The number of hydrogen-bond acceptors (Lipinski definition) is 6. The molecule has 0 saturated heterocycles. The molecule has 0 radical (unpaired) electrons. The Bertz CT molecular complexity index is 770. The highest BCUT2D eigenvalue weighted by atomic mass is 32.2. The van der Waals surface area contributed by atoms with Gasteiger partial charge in [0.25, 0.3) is 5.69 Å². The number of amides is 1. The molecule has 0 bridgehead atoms. The lowest BCUT2D eigenvalue weighted by molar-refractivity contribution is -0.385. The van der Waals surface area contributed by atoms with E-state index >= 15 is 0 Å². The van der Waals surface area contributed by atoms with Gasteiger partial charge in [-0.15, -0.1) is 10.6 Å². The van der Waals surface area contributed by atoms with Gasteiger partial charge in [-0.1, -0.05) is 47.4 Å². The standard InChI is InChI=1S/C14H11N2O5S/c17-14(21-10-11-5-2-1-3-6-11)15-22(20)13-8-4-7-12(9-13)16(18)19/h1-9H,10H2/q-1. The SMILES string of the molecule is O=C(N=[S-](=O)c1cccc([N+](=O)[O-])c1)OCc1ccccc1. The Morgan fingerprint density at radius 1 is 1.18 bits per heavy atom. The van der Waals surface area contributed by atoms with E-state index < -0.39 is 21.6 Å². The Kier molecular flexibility index (Phi) is 5.21. The molecular weight excluding hydrogens is 308 g/mol. The van der Waals surface area contributed by atoms with Crippen LogP contribution in [0.15, 0.2) is 63.9 Å². The van der Waals surface area contributed by atoms with Crippen molar-refractivity contribution in [1.82, 2.24) is 0 Å². The maximum absolute atomic E-state index is 11.9. The molecule has 0 aliphatic carbocycles. The molecule has 114 valence electrons. The van der Waals surface area contributed by atoms with E-state index in [0.29, 0.717) is 0 Å². The van der Waals surface area contributed by atoms with Crippen molar-refractivity contribution in [2.24, 2.45) is 4.36 Å². The molecular formula is C14H11N2O5S-. The van der Waals surface area contributed by atoms with Crippen LogP contribution in [0.4, 0.5) is 10.5 Å². The fourth-order valence-electron chi connectivity index (χ4n) is 1.57. The summed E-state index contributed by atoms with van der Waals surface area (Å²) in [7, 11) is -2.05. The van der Waals surface area contributed by atoms with Crippen LogP contribution in [0, 0.1) is 10.1 Å². The van der Waals surface area contributed by atoms with Gasteiger partial charge in [0.05, 0.1) is 4.92 Å². The average Bonchev–Trinajstić information content (AvgIpc) is 2.54. The van der Waals surface area contributed by atoms with Crippen molar-refractivity contribution in [1.29, 1.82) is 0 Å². The molecule has 8 heteroatoms. The molecule has 22 heavy (non-hydrogen) atoms. The van der Waals surface area contributed by atoms with Crippen molar-refractivity contribution in [3.05, 3.63) is 70.3 Å². The zero-order chi connectivity index (χ0) is 15.9. The van der Waals surface area contributed by atoms with E-state index in [9.17, 15) is 19.1 Å². The third-order valence-electron chi connectivity index (χ3n) is 2.59. The van der Waals surface area contributed by atoms with Gasteiger partial charge in [0.2, 0.25) is 0 Å². The number of carbonyl (C=O) groups excluding carboxylic acids is 1. The van der Waals surface area contributed by atoms with E-state index in [1.165, 1.54) is 18.2 Å². The third kappa shape index (κ3) is 4.38. The third-order valence-corrected chi connectivity index (χ3v) is 3.56. The maximum atomic E-state index is 11.9. The monoisotopic (exact) mass is 319 g/mol. The summed E-state index contributed by atoms with van der Waals surface area (Å²) in [5.74, 6) is 0. The molecule has 0 spiro atoms. The summed E-state index contributed by atoms with van der Waals surface area (Å²) in [5.41, 5.74) is 0.547. The number of non-ortho nitro benzene ring substituents is 1. The lowest BCUT2D eigenvalue weighted by atomic mass is 10.2. The molecule has 7 nitrogen and oxygen atoms in total. The van der Waals surface area contributed by atoms with E-state index in [1.54, 1.807) is 24.3 Å². The summed E-state index contributed by atoms with van der Waals surface area (Å²) in [5, 5.41) is 10.6. The first kappa shape index (κ1) is 15.6.